The maximum absolute atomic E-state index is 5.61. The van der Waals surface area contributed by atoms with Crippen LogP contribution in [0.4, 0.5) is 0 Å². The highest BCUT2D eigenvalue weighted by molar-refractivity contribution is 7.80. The molecule has 1 saturated heterocycles. The molecule has 2 aromatic rings. The fourth-order valence-corrected chi connectivity index (χ4v) is 3.54. The van der Waals surface area contributed by atoms with Crippen molar-refractivity contribution in [2.24, 2.45) is 0 Å². The van der Waals surface area contributed by atoms with Gasteiger partial charge in [-0.15, -0.1) is 0 Å². The van der Waals surface area contributed by atoms with Crippen LogP contribution in [-0.4, -0.2) is 39.8 Å². The van der Waals surface area contributed by atoms with Gasteiger partial charge in [0.2, 0.25) is 0 Å². The predicted octanol–water partition coefficient (Wildman–Crippen LogP) is 3.26. The van der Waals surface area contributed by atoms with Crippen LogP contribution in [0.2, 0.25) is 0 Å². The highest BCUT2D eigenvalue weighted by Gasteiger charge is 2.40. The normalized spacial score (nSPS) is 20.8. The first kappa shape index (κ1) is 17.9. The Morgan fingerprint density at radius 3 is 2.68 bits per heavy atom. The van der Waals surface area contributed by atoms with E-state index in [4.69, 9.17) is 17.0 Å². The van der Waals surface area contributed by atoms with E-state index >= 15 is 0 Å². The SMILES string of the molecule is COCCN1C(=S)NC(c2ccccn2)C1c1ccn(C(C)(C)C)c1. The molecular weight excluding hydrogens is 332 g/mol. The minimum atomic E-state index is 0.0291. The summed E-state index contributed by atoms with van der Waals surface area (Å²) in [5.74, 6) is 0. The molecule has 2 atom stereocenters. The topological polar surface area (TPSA) is 42.3 Å². The Kier molecular flexibility index (Phi) is 5.11. The first-order valence-corrected chi connectivity index (χ1v) is 8.98. The van der Waals surface area contributed by atoms with Gasteiger partial charge in [-0.25, -0.2) is 0 Å². The molecule has 0 spiro atoms. The molecule has 0 saturated carbocycles. The van der Waals surface area contributed by atoms with Gasteiger partial charge in [0.15, 0.2) is 5.11 Å². The van der Waals surface area contributed by atoms with E-state index in [1.807, 2.05) is 24.4 Å². The molecule has 1 N–H and O–H groups in total. The number of pyridine rings is 1. The zero-order valence-corrected chi connectivity index (χ0v) is 16.1. The van der Waals surface area contributed by atoms with Gasteiger partial charge in [0.05, 0.1) is 24.4 Å². The molecule has 2 aromatic heterocycles. The molecule has 134 valence electrons. The summed E-state index contributed by atoms with van der Waals surface area (Å²) in [6.07, 6.45) is 6.19. The summed E-state index contributed by atoms with van der Waals surface area (Å²) >= 11 is 5.61. The average molecular weight is 359 g/mol. The molecule has 0 amide bonds. The first-order chi connectivity index (χ1) is 11.9. The fraction of sp³-hybridized carbons (Fsp3) is 0.474. The van der Waals surface area contributed by atoms with Crippen molar-refractivity contribution < 1.29 is 4.74 Å². The second-order valence-corrected chi connectivity index (χ2v) is 7.72. The molecule has 5 nitrogen and oxygen atoms in total. The summed E-state index contributed by atoms with van der Waals surface area (Å²) in [7, 11) is 1.72. The largest absolute Gasteiger partial charge is 0.383 e. The third-order valence-corrected chi connectivity index (χ3v) is 4.92. The Hall–Kier alpha value is -1.92. The summed E-state index contributed by atoms with van der Waals surface area (Å²) in [4.78, 5) is 6.76. The monoisotopic (exact) mass is 358 g/mol. The number of hydrogen-bond acceptors (Lipinski definition) is 3. The fourth-order valence-electron chi connectivity index (χ4n) is 3.20. The van der Waals surface area contributed by atoms with E-state index in [1.165, 1.54) is 5.56 Å². The highest BCUT2D eigenvalue weighted by Crippen LogP contribution is 2.38. The summed E-state index contributed by atoms with van der Waals surface area (Å²) < 4.78 is 7.53. The second-order valence-electron chi connectivity index (χ2n) is 7.34. The lowest BCUT2D eigenvalue weighted by atomic mass is 9.99. The third-order valence-electron chi connectivity index (χ3n) is 4.57. The molecule has 2 unspecified atom stereocenters. The van der Waals surface area contributed by atoms with Crippen molar-refractivity contribution in [3.63, 3.8) is 0 Å². The summed E-state index contributed by atoms with van der Waals surface area (Å²) in [6.45, 7) is 7.98. The number of thiocarbonyl (C=S) groups is 1. The van der Waals surface area contributed by atoms with Crippen molar-refractivity contribution in [3.8, 4) is 0 Å². The molecule has 0 radical (unpaired) electrons. The van der Waals surface area contributed by atoms with Crippen LogP contribution < -0.4 is 5.32 Å². The van der Waals surface area contributed by atoms with Gasteiger partial charge in [-0.3, -0.25) is 4.98 Å². The number of ether oxygens (including phenoxy) is 1. The van der Waals surface area contributed by atoms with Crippen molar-refractivity contribution in [1.82, 2.24) is 19.8 Å². The van der Waals surface area contributed by atoms with Crippen molar-refractivity contribution in [3.05, 3.63) is 54.1 Å². The Bertz CT molecular complexity index is 723. The van der Waals surface area contributed by atoms with Gasteiger partial charge >= 0.3 is 0 Å². The van der Waals surface area contributed by atoms with Crippen LogP contribution in [-0.2, 0) is 10.3 Å². The van der Waals surface area contributed by atoms with Crippen LogP contribution in [0, 0.1) is 0 Å². The number of hydrogen-bond donors (Lipinski definition) is 1. The molecular formula is C19H26N4OS. The molecule has 0 bridgehead atoms. The quantitative estimate of drug-likeness (QED) is 0.831. The van der Waals surface area contributed by atoms with Crippen LogP contribution in [0.5, 0.6) is 0 Å². The van der Waals surface area contributed by atoms with Crippen molar-refractivity contribution in [2.45, 2.75) is 38.4 Å². The Balaban J connectivity index is 1.98. The van der Waals surface area contributed by atoms with E-state index in [9.17, 15) is 0 Å². The first-order valence-electron chi connectivity index (χ1n) is 8.57. The van der Waals surface area contributed by atoms with Crippen molar-refractivity contribution >= 4 is 17.3 Å². The second kappa shape index (κ2) is 7.14. The average Bonchev–Trinajstić information content (AvgIpc) is 3.18. The molecule has 0 aliphatic carbocycles. The van der Waals surface area contributed by atoms with E-state index in [-0.39, 0.29) is 17.6 Å². The Morgan fingerprint density at radius 2 is 2.08 bits per heavy atom. The highest BCUT2D eigenvalue weighted by atomic mass is 32.1. The van der Waals surface area contributed by atoms with E-state index < -0.39 is 0 Å². The minimum Gasteiger partial charge on any atom is -0.383 e. The minimum absolute atomic E-state index is 0.0291. The maximum Gasteiger partial charge on any atom is 0.170 e. The zero-order chi connectivity index (χ0) is 18.0. The molecule has 25 heavy (non-hydrogen) atoms. The summed E-state index contributed by atoms with van der Waals surface area (Å²) in [5, 5.41) is 4.21. The summed E-state index contributed by atoms with van der Waals surface area (Å²) in [5.41, 5.74) is 2.27. The molecule has 1 aliphatic rings. The standard InChI is InChI=1S/C19H26N4OS/c1-19(2,3)22-10-8-14(13-22)17-16(15-7-5-6-9-20-15)21-18(25)23(17)11-12-24-4/h5-10,13,16-17H,11-12H2,1-4H3,(H,21,25). The molecule has 3 rings (SSSR count). The molecule has 3 heterocycles. The molecule has 0 aromatic carbocycles. The maximum atomic E-state index is 5.61. The van der Waals surface area contributed by atoms with Gasteiger partial charge < -0.3 is 19.5 Å². The Labute approximate surface area is 155 Å². The molecule has 6 heteroatoms. The molecule has 1 fully saturated rings. The van der Waals surface area contributed by atoms with Crippen molar-refractivity contribution in [2.75, 3.05) is 20.3 Å². The zero-order valence-electron chi connectivity index (χ0n) is 15.3. The summed E-state index contributed by atoms with van der Waals surface area (Å²) in [6, 6.07) is 8.31. The van der Waals surface area contributed by atoms with Crippen LogP contribution in [0.15, 0.2) is 42.9 Å². The Morgan fingerprint density at radius 1 is 1.28 bits per heavy atom. The number of nitrogens with one attached hydrogen (secondary N) is 1. The lowest BCUT2D eigenvalue weighted by molar-refractivity contribution is 0.164. The number of rotatable bonds is 5. The smallest absolute Gasteiger partial charge is 0.170 e. The third kappa shape index (κ3) is 3.70. The molecule has 1 aliphatic heterocycles. The van der Waals surface area contributed by atoms with E-state index in [0.717, 1.165) is 17.4 Å². The van der Waals surface area contributed by atoms with Gasteiger partial charge in [-0.2, -0.15) is 0 Å². The number of methoxy groups -OCH3 is 1. The van der Waals surface area contributed by atoms with Gasteiger partial charge in [0.25, 0.3) is 0 Å². The van der Waals surface area contributed by atoms with Crippen LogP contribution in [0.3, 0.4) is 0 Å². The predicted molar refractivity (Wildman–Crippen MR) is 103 cm³/mol. The van der Waals surface area contributed by atoms with E-state index in [1.54, 1.807) is 7.11 Å². The van der Waals surface area contributed by atoms with E-state index in [0.29, 0.717) is 6.61 Å². The van der Waals surface area contributed by atoms with Crippen molar-refractivity contribution in [1.29, 1.82) is 0 Å². The van der Waals surface area contributed by atoms with Crippen LogP contribution >= 0.6 is 12.2 Å². The lowest BCUT2D eigenvalue weighted by Crippen LogP contribution is -2.32. The van der Waals surface area contributed by atoms with E-state index in [2.05, 4.69) is 59.0 Å². The van der Waals surface area contributed by atoms with Gasteiger partial charge in [-0.05, 0) is 56.8 Å². The number of aromatic nitrogens is 2. The van der Waals surface area contributed by atoms with Crippen LogP contribution in [0.1, 0.15) is 44.1 Å². The van der Waals surface area contributed by atoms with Crippen LogP contribution in [0.25, 0.3) is 0 Å². The number of nitrogens with zero attached hydrogens (tertiary/aromatic N) is 3. The van der Waals surface area contributed by atoms with Gasteiger partial charge in [-0.1, -0.05) is 6.07 Å². The van der Waals surface area contributed by atoms with Gasteiger partial charge in [0.1, 0.15) is 0 Å². The van der Waals surface area contributed by atoms with Gasteiger partial charge in [0, 0.05) is 37.8 Å². The lowest BCUT2D eigenvalue weighted by Gasteiger charge is -2.27.